The second-order valence-corrected chi connectivity index (χ2v) is 17.9. The highest BCUT2D eigenvalue weighted by Gasteiger charge is 2.48. The molecule has 0 atom stereocenters. The van der Waals surface area contributed by atoms with Crippen molar-refractivity contribution in [3.63, 3.8) is 0 Å². The summed E-state index contributed by atoms with van der Waals surface area (Å²) in [5, 5.41) is 0. The van der Waals surface area contributed by atoms with E-state index < -0.39 is 11.6 Å². The van der Waals surface area contributed by atoms with Crippen LogP contribution < -0.4 is 9.80 Å². The second kappa shape index (κ2) is 18.4. The number of rotatable bonds is 14. The number of esters is 1. The molecule has 6 rings (SSSR count). The summed E-state index contributed by atoms with van der Waals surface area (Å²) in [5.74, 6) is -0.416. The van der Waals surface area contributed by atoms with Crippen LogP contribution in [0.3, 0.4) is 0 Å². The maximum atomic E-state index is 14.3. The molecule has 1 aliphatic rings. The van der Waals surface area contributed by atoms with E-state index in [4.69, 9.17) is 4.74 Å². The number of anilines is 2. The van der Waals surface area contributed by atoms with Gasteiger partial charge in [-0.15, -0.1) is 0 Å². The molecular weight excluding hydrogens is 956 g/mol. The van der Waals surface area contributed by atoms with Gasteiger partial charge >= 0.3 is 5.97 Å². The first-order valence-corrected chi connectivity index (χ1v) is 22.4. The van der Waals surface area contributed by atoms with Crippen molar-refractivity contribution in [3.8, 4) is 0 Å². The molecule has 0 aliphatic carbocycles. The zero-order chi connectivity index (χ0) is 40.1. The Morgan fingerprint density at radius 2 is 0.929 bits per heavy atom. The van der Waals surface area contributed by atoms with Gasteiger partial charge in [-0.3, -0.25) is 0 Å². The highest BCUT2D eigenvalue weighted by atomic mass is 79.9. The Hall–Kier alpha value is -3.43. The molecule has 290 valence electrons. The van der Waals surface area contributed by atoms with Gasteiger partial charge in [0.25, 0.3) is 0 Å². The van der Waals surface area contributed by atoms with Crippen LogP contribution in [0.4, 0.5) is 11.4 Å². The van der Waals surface area contributed by atoms with Crippen LogP contribution in [-0.2, 0) is 10.3 Å². The SMILES string of the molecule is CCCCN(C)c1ccc(C(=CC2(C=C(c3ccc(C)cc3)c3ccc(N(C)CCCC)cc3)OC(=O)c3c(Br)c(Br)c(Br)c(Br)c32)c2ccc(C)cc2)cc1. The van der Waals surface area contributed by atoms with Gasteiger partial charge in [-0.2, -0.15) is 0 Å². The highest BCUT2D eigenvalue weighted by Crippen LogP contribution is 2.53. The number of unbranched alkanes of at least 4 members (excludes halogenated alkanes) is 2. The minimum absolute atomic E-state index is 0.416. The number of nitrogens with zero attached hydrogens (tertiary/aromatic N) is 2. The standard InChI is InChI=1S/C48H48Br4N2O2/c1-7-9-27-53(5)37-23-19-35(20-24-37)39(33-15-11-31(3)12-16-33)29-48(42-41(47(55)56-48)43(49)45(51)46(52)44(42)50)30-40(34-17-13-32(4)14-18-34)36-21-25-38(26-22-36)54(6)28-10-8-2/h11-26,29-30H,7-10,27-28H2,1-6H3. The average Bonchev–Trinajstić information content (AvgIpc) is 3.50. The van der Waals surface area contributed by atoms with Gasteiger partial charge < -0.3 is 14.5 Å². The number of hydrogen-bond acceptors (Lipinski definition) is 4. The Labute approximate surface area is 366 Å². The van der Waals surface area contributed by atoms with E-state index in [0.717, 1.165) is 97.0 Å². The van der Waals surface area contributed by atoms with Crippen LogP contribution in [0, 0.1) is 13.8 Å². The Morgan fingerprint density at radius 1 is 0.571 bits per heavy atom. The number of carbonyl (C=O) groups excluding carboxylic acids is 1. The normalized spacial score (nSPS) is 15.5. The summed E-state index contributed by atoms with van der Waals surface area (Å²) in [6, 6.07) is 34.5. The predicted octanol–water partition coefficient (Wildman–Crippen LogP) is 14.5. The molecule has 0 saturated carbocycles. The Balaban J connectivity index is 1.66. The molecule has 0 N–H and O–H groups in total. The summed E-state index contributed by atoms with van der Waals surface area (Å²) < 4.78 is 9.65. The van der Waals surface area contributed by atoms with Gasteiger partial charge in [0.2, 0.25) is 0 Å². The molecule has 0 radical (unpaired) electrons. The fourth-order valence-electron chi connectivity index (χ4n) is 7.09. The summed E-state index contributed by atoms with van der Waals surface area (Å²) in [7, 11) is 4.29. The van der Waals surface area contributed by atoms with Gasteiger partial charge in [0, 0.05) is 62.0 Å². The first-order valence-electron chi connectivity index (χ1n) is 19.2. The number of fused-ring (bicyclic) bond motifs is 1. The van der Waals surface area contributed by atoms with Crippen molar-refractivity contribution < 1.29 is 9.53 Å². The van der Waals surface area contributed by atoms with Crippen molar-refractivity contribution in [3.05, 3.63) is 172 Å². The monoisotopic (exact) mass is 1000 g/mol. The third-order valence-corrected chi connectivity index (χ3v) is 15.3. The zero-order valence-corrected chi connectivity index (χ0v) is 39.2. The van der Waals surface area contributed by atoms with Crippen LogP contribution in [0.2, 0.25) is 0 Å². The van der Waals surface area contributed by atoms with Gasteiger partial charge in [0.1, 0.15) is 0 Å². The van der Waals surface area contributed by atoms with Crippen molar-refractivity contribution in [1.82, 2.24) is 0 Å². The number of halogens is 4. The molecule has 0 bridgehead atoms. The lowest BCUT2D eigenvalue weighted by molar-refractivity contribution is 0.0298. The molecule has 5 aromatic rings. The Morgan fingerprint density at radius 3 is 1.30 bits per heavy atom. The molecule has 8 heteroatoms. The molecule has 4 nitrogen and oxygen atoms in total. The van der Waals surface area contributed by atoms with Crippen LogP contribution in [-0.4, -0.2) is 33.2 Å². The van der Waals surface area contributed by atoms with Crippen LogP contribution in [0.25, 0.3) is 11.1 Å². The van der Waals surface area contributed by atoms with E-state index in [1.165, 1.54) is 11.1 Å². The fourth-order valence-corrected chi connectivity index (χ4v) is 9.68. The molecule has 0 saturated heterocycles. The van der Waals surface area contributed by atoms with Crippen LogP contribution in [0.1, 0.15) is 88.8 Å². The van der Waals surface area contributed by atoms with Gasteiger partial charge in [0.15, 0.2) is 5.60 Å². The van der Waals surface area contributed by atoms with Gasteiger partial charge in [-0.05, 0) is 160 Å². The van der Waals surface area contributed by atoms with Gasteiger partial charge in [-0.1, -0.05) is 111 Å². The van der Waals surface area contributed by atoms with Crippen LogP contribution >= 0.6 is 63.7 Å². The molecule has 0 spiro atoms. The first kappa shape index (κ1) is 42.2. The third-order valence-electron chi connectivity index (χ3n) is 10.5. The number of cyclic esters (lactones) is 1. The van der Waals surface area contributed by atoms with Crippen molar-refractivity contribution in [2.75, 3.05) is 37.0 Å². The first-order chi connectivity index (χ1) is 26.9. The Bertz CT molecular complexity index is 2130. The number of carbonyl (C=O) groups is 1. The summed E-state index contributed by atoms with van der Waals surface area (Å²) in [6.07, 6.45) is 8.81. The maximum Gasteiger partial charge on any atom is 0.341 e. The molecule has 1 aliphatic heterocycles. The molecular formula is C48H48Br4N2O2. The van der Waals surface area contributed by atoms with E-state index in [1.54, 1.807) is 0 Å². The summed E-state index contributed by atoms with van der Waals surface area (Å²) in [5.41, 5.74) is 10.4. The molecule has 0 amide bonds. The number of ether oxygens (including phenoxy) is 1. The summed E-state index contributed by atoms with van der Waals surface area (Å²) >= 11 is 15.2. The zero-order valence-electron chi connectivity index (χ0n) is 32.9. The van der Waals surface area contributed by atoms with E-state index >= 15 is 0 Å². The summed E-state index contributed by atoms with van der Waals surface area (Å²) in [6.45, 7) is 10.6. The van der Waals surface area contributed by atoms with E-state index in [1.807, 2.05) is 0 Å². The smallest absolute Gasteiger partial charge is 0.341 e. The van der Waals surface area contributed by atoms with Gasteiger partial charge in [0.05, 0.1) is 5.56 Å². The lowest BCUT2D eigenvalue weighted by Gasteiger charge is -2.28. The van der Waals surface area contributed by atoms with Crippen molar-refractivity contribution in [1.29, 1.82) is 0 Å². The van der Waals surface area contributed by atoms with E-state index in [0.29, 0.717) is 15.6 Å². The summed E-state index contributed by atoms with van der Waals surface area (Å²) in [4.78, 5) is 18.9. The molecule has 0 fully saturated rings. The van der Waals surface area contributed by atoms with Gasteiger partial charge in [-0.25, -0.2) is 4.79 Å². The number of benzene rings is 5. The topological polar surface area (TPSA) is 32.8 Å². The molecule has 5 aromatic carbocycles. The van der Waals surface area contributed by atoms with Crippen molar-refractivity contribution >= 4 is 92.2 Å². The molecule has 56 heavy (non-hydrogen) atoms. The van der Waals surface area contributed by atoms with E-state index in [-0.39, 0.29) is 0 Å². The largest absolute Gasteiger partial charge is 0.442 e. The number of aryl methyl sites for hydroxylation is 2. The Kier molecular flexibility index (Phi) is 13.9. The molecule has 1 heterocycles. The van der Waals surface area contributed by atoms with E-state index in [2.05, 4.69) is 225 Å². The van der Waals surface area contributed by atoms with Crippen molar-refractivity contribution in [2.24, 2.45) is 0 Å². The second-order valence-electron chi connectivity index (χ2n) is 14.7. The quantitative estimate of drug-likeness (QED) is 0.0630. The minimum atomic E-state index is -1.34. The van der Waals surface area contributed by atoms with Crippen LogP contribution in [0.5, 0.6) is 0 Å². The lowest BCUT2D eigenvalue weighted by Crippen LogP contribution is -2.23. The minimum Gasteiger partial charge on any atom is -0.442 e. The molecule has 0 unspecified atom stereocenters. The predicted molar refractivity (Wildman–Crippen MR) is 250 cm³/mol. The van der Waals surface area contributed by atoms with E-state index in [9.17, 15) is 4.79 Å². The highest BCUT2D eigenvalue weighted by molar-refractivity contribution is 9.15. The fraction of sp³-hybridized carbons (Fsp3) is 0.271. The van der Waals surface area contributed by atoms with Crippen LogP contribution in [0.15, 0.2) is 127 Å². The molecule has 0 aromatic heterocycles. The van der Waals surface area contributed by atoms with Crippen molar-refractivity contribution in [2.45, 2.75) is 59.0 Å². The average molecular weight is 1000 g/mol. The maximum absolute atomic E-state index is 14.3. The number of hydrogen-bond donors (Lipinski definition) is 0. The lowest BCUT2D eigenvalue weighted by atomic mass is 9.83. The third kappa shape index (κ3) is 8.99.